The Labute approximate surface area is 153 Å². The molecule has 4 nitrogen and oxygen atoms in total. The van der Waals surface area contributed by atoms with Crippen molar-refractivity contribution in [2.75, 3.05) is 26.3 Å². The third-order valence-electron chi connectivity index (χ3n) is 4.54. The number of aryl methyl sites for hydroxylation is 1. The third kappa shape index (κ3) is 4.61. The molecule has 2 aromatic carbocycles. The van der Waals surface area contributed by atoms with E-state index >= 15 is 0 Å². The molecule has 1 atom stereocenters. The largest absolute Gasteiger partial charge is 0.492 e. The van der Waals surface area contributed by atoms with Crippen molar-refractivity contribution in [3.63, 3.8) is 0 Å². The van der Waals surface area contributed by atoms with Crippen LogP contribution in [0.2, 0.25) is 0 Å². The topological polar surface area (TPSA) is 38.8 Å². The summed E-state index contributed by atoms with van der Waals surface area (Å²) in [5.74, 6) is -0.0526. The summed E-state index contributed by atoms with van der Waals surface area (Å²) in [5, 5.41) is 0. The Balaban J connectivity index is 1.70. The summed E-state index contributed by atoms with van der Waals surface area (Å²) in [6, 6.07) is 14.1. The van der Waals surface area contributed by atoms with Gasteiger partial charge in [-0.2, -0.15) is 0 Å². The number of hydrogen-bond donors (Lipinski definition) is 0. The molecule has 1 heterocycles. The van der Waals surface area contributed by atoms with E-state index in [1.165, 1.54) is 6.07 Å². The van der Waals surface area contributed by atoms with Crippen LogP contribution in [-0.2, 0) is 4.74 Å². The molecule has 0 aromatic heterocycles. The van der Waals surface area contributed by atoms with Gasteiger partial charge in [0.05, 0.1) is 18.2 Å². The van der Waals surface area contributed by atoms with Gasteiger partial charge in [-0.05, 0) is 43.5 Å². The van der Waals surface area contributed by atoms with E-state index in [0.29, 0.717) is 31.9 Å². The molecule has 0 aliphatic carbocycles. The van der Waals surface area contributed by atoms with Crippen LogP contribution in [0.4, 0.5) is 4.39 Å². The molecule has 1 aliphatic rings. The van der Waals surface area contributed by atoms with Crippen molar-refractivity contribution in [3.8, 4) is 5.75 Å². The number of nitrogens with zero attached hydrogens (tertiary/aromatic N) is 1. The predicted octanol–water partition coefficient (Wildman–Crippen LogP) is 3.83. The molecule has 1 unspecified atom stereocenters. The fourth-order valence-corrected chi connectivity index (χ4v) is 3.16. The lowest BCUT2D eigenvalue weighted by atomic mass is 10.1. The zero-order chi connectivity index (χ0) is 18.4. The van der Waals surface area contributed by atoms with E-state index in [1.807, 2.05) is 30.3 Å². The lowest BCUT2D eigenvalue weighted by Crippen LogP contribution is -2.40. The minimum absolute atomic E-state index is 0.00255. The fourth-order valence-electron chi connectivity index (χ4n) is 3.16. The van der Waals surface area contributed by atoms with E-state index in [2.05, 4.69) is 0 Å². The van der Waals surface area contributed by atoms with Gasteiger partial charge in [-0.25, -0.2) is 4.39 Å². The van der Waals surface area contributed by atoms with Crippen LogP contribution in [0.3, 0.4) is 0 Å². The van der Waals surface area contributed by atoms with E-state index in [9.17, 15) is 9.18 Å². The minimum Gasteiger partial charge on any atom is -0.492 e. The van der Waals surface area contributed by atoms with Crippen LogP contribution in [0.5, 0.6) is 5.75 Å². The summed E-state index contributed by atoms with van der Waals surface area (Å²) in [5.41, 5.74) is 0.765. The summed E-state index contributed by atoms with van der Waals surface area (Å²) in [6.07, 6.45) is 1.91. The summed E-state index contributed by atoms with van der Waals surface area (Å²) in [6.45, 7) is 3.63. The van der Waals surface area contributed by atoms with Gasteiger partial charge in [0.15, 0.2) is 0 Å². The van der Waals surface area contributed by atoms with E-state index in [-0.39, 0.29) is 17.6 Å². The van der Waals surface area contributed by atoms with E-state index < -0.39 is 5.82 Å². The van der Waals surface area contributed by atoms with Crippen molar-refractivity contribution < 1.29 is 18.7 Å². The van der Waals surface area contributed by atoms with Gasteiger partial charge in [-0.1, -0.05) is 30.3 Å². The van der Waals surface area contributed by atoms with Crippen molar-refractivity contribution >= 4 is 5.91 Å². The molecular weight excluding hydrogens is 333 g/mol. The second kappa shape index (κ2) is 8.81. The Kier molecular flexibility index (Phi) is 6.23. The van der Waals surface area contributed by atoms with Gasteiger partial charge in [0.25, 0.3) is 5.91 Å². The maximum absolute atomic E-state index is 14.3. The molecule has 5 heteroatoms. The van der Waals surface area contributed by atoms with E-state index in [0.717, 1.165) is 18.6 Å². The van der Waals surface area contributed by atoms with Crippen molar-refractivity contribution in [1.82, 2.24) is 4.90 Å². The van der Waals surface area contributed by atoms with Crippen LogP contribution in [-0.4, -0.2) is 43.2 Å². The number of para-hydroxylation sites is 1. The van der Waals surface area contributed by atoms with Gasteiger partial charge in [-0.15, -0.1) is 0 Å². The van der Waals surface area contributed by atoms with Gasteiger partial charge in [-0.3, -0.25) is 4.79 Å². The summed E-state index contributed by atoms with van der Waals surface area (Å²) < 4.78 is 25.6. The molecule has 1 amide bonds. The molecule has 3 rings (SSSR count). The highest BCUT2D eigenvalue weighted by Gasteiger charge is 2.26. The molecule has 2 aromatic rings. The quantitative estimate of drug-likeness (QED) is 0.756. The number of halogens is 1. The lowest BCUT2D eigenvalue weighted by Gasteiger charge is -2.26. The van der Waals surface area contributed by atoms with Gasteiger partial charge >= 0.3 is 0 Å². The SMILES string of the molecule is Cc1cccc(F)c1C(=O)N(CCOc1ccccc1)CC1CCCO1. The van der Waals surface area contributed by atoms with Crippen LogP contribution >= 0.6 is 0 Å². The second-order valence-corrected chi connectivity index (χ2v) is 6.48. The highest BCUT2D eigenvalue weighted by Crippen LogP contribution is 2.19. The summed E-state index contributed by atoms with van der Waals surface area (Å²) >= 11 is 0. The van der Waals surface area contributed by atoms with Gasteiger partial charge in [0.2, 0.25) is 0 Å². The van der Waals surface area contributed by atoms with Gasteiger partial charge in [0, 0.05) is 13.2 Å². The Bertz CT molecular complexity index is 709. The van der Waals surface area contributed by atoms with Crippen molar-refractivity contribution in [2.45, 2.75) is 25.9 Å². The summed E-state index contributed by atoms with van der Waals surface area (Å²) in [7, 11) is 0. The molecule has 138 valence electrons. The standard InChI is InChI=1S/C21H24FNO3/c1-16-7-5-11-19(22)20(16)21(24)23(15-18-10-6-13-25-18)12-14-26-17-8-3-2-4-9-17/h2-5,7-9,11,18H,6,10,12-15H2,1H3. The highest BCUT2D eigenvalue weighted by molar-refractivity contribution is 5.96. The number of carbonyl (C=O) groups is 1. The lowest BCUT2D eigenvalue weighted by molar-refractivity contribution is 0.0489. The summed E-state index contributed by atoms with van der Waals surface area (Å²) in [4.78, 5) is 14.6. The van der Waals surface area contributed by atoms with Crippen molar-refractivity contribution in [1.29, 1.82) is 0 Å². The average molecular weight is 357 g/mol. The molecule has 0 radical (unpaired) electrons. The molecule has 0 saturated carbocycles. The Hall–Kier alpha value is -2.40. The molecule has 0 spiro atoms. The van der Waals surface area contributed by atoms with Gasteiger partial charge in [0.1, 0.15) is 18.2 Å². The molecule has 1 saturated heterocycles. The first kappa shape index (κ1) is 18.4. The molecule has 26 heavy (non-hydrogen) atoms. The van der Waals surface area contributed by atoms with Crippen LogP contribution < -0.4 is 4.74 Å². The molecule has 0 N–H and O–H groups in total. The van der Waals surface area contributed by atoms with Crippen LogP contribution in [0.25, 0.3) is 0 Å². The molecule has 1 fully saturated rings. The van der Waals surface area contributed by atoms with E-state index in [1.54, 1.807) is 24.0 Å². The Morgan fingerprint density at radius 2 is 2.04 bits per heavy atom. The number of ether oxygens (including phenoxy) is 2. The first-order chi connectivity index (χ1) is 12.6. The predicted molar refractivity (Wildman–Crippen MR) is 98.0 cm³/mol. The second-order valence-electron chi connectivity index (χ2n) is 6.48. The smallest absolute Gasteiger partial charge is 0.257 e. The van der Waals surface area contributed by atoms with Crippen LogP contribution in [0.15, 0.2) is 48.5 Å². The number of rotatable bonds is 7. The highest BCUT2D eigenvalue weighted by atomic mass is 19.1. The average Bonchev–Trinajstić information content (AvgIpc) is 3.14. The first-order valence-corrected chi connectivity index (χ1v) is 8.99. The Morgan fingerprint density at radius 3 is 2.73 bits per heavy atom. The zero-order valence-corrected chi connectivity index (χ0v) is 15.0. The number of carbonyl (C=O) groups excluding carboxylic acids is 1. The number of benzene rings is 2. The monoisotopic (exact) mass is 357 g/mol. The molecule has 0 bridgehead atoms. The zero-order valence-electron chi connectivity index (χ0n) is 15.0. The molecule has 1 aliphatic heterocycles. The Morgan fingerprint density at radius 1 is 1.23 bits per heavy atom. The number of hydrogen-bond acceptors (Lipinski definition) is 3. The first-order valence-electron chi connectivity index (χ1n) is 8.99. The van der Waals surface area contributed by atoms with E-state index in [4.69, 9.17) is 9.47 Å². The van der Waals surface area contributed by atoms with Crippen LogP contribution in [0, 0.1) is 12.7 Å². The minimum atomic E-state index is -0.490. The third-order valence-corrected chi connectivity index (χ3v) is 4.54. The fraction of sp³-hybridized carbons (Fsp3) is 0.381. The van der Waals surface area contributed by atoms with Crippen molar-refractivity contribution in [3.05, 3.63) is 65.5 Å². The maximum Gasteiger partial charge on any atom is 0.257 e. The maximum atomic E-state index is 14.3. The van der Waals surface area contributed by atoms with Crippen molar-refractivity contribution in [2.24, 2.45) is 0 Å². The normalized spacial score (nSPS) is 16.5. The number of amides is 1. The molecular formula is C21H24FNO3. The van der Waals surface area contributed by atoms with Crippen LogP contribution in [0.1, 0.15) is 28.8 Å². The van der Waals surface area contributed by atoms with Gasteiger partial charge < -0.3 is 14.4 Å².